The Labute approximate surface area is 97.1 Å². The molecule has 0 radical (unpaired) electrons. The van der Waals surface area contributed by atoms with E-state index in [-0.39, 0.29) is 11.5 Å². The molecule has 2 heterocycles. The molecule has 0 aromatic rings. The van der Waals surface area contributed by atoms with Crippen LogP contribution in [-0.2, 0) is 9.47 Å². The van der Waals surface area contributed by atoms with E-state index in [4.69, 9.17) is 15.2 Å². The van der Waals surface area contributed by atoms with Crippen LogP contribution in [0.5, 0.6) is 0 Å². The fourth-order valence-electron chi connectivity index (χ4n) is 3.12. The Morgan fingerprint density at radius 1 is 1.38 bits per heavy atom. The Morgan fingerprint density at radius 3 is 2.75 bits per heavy atom. The molecule has 2 aliphatic heterocycles. The molecule has 0 aromatic heterocycles. The Morgan fingerprint density at radius 2 is 2.19 bits per heavy atom. The number of hydrogen-bond donors (Lipinski definition) is 2. The first-order valence-corrected chi connectivity index (χ1v) is 6.24. The highest BCUT2D eigenvalue weighted by molar-refractivity contribution is 5.03. The van der Waals surface area contributed by atoms with Gasteiger partial charge in [-0.1, -0.05) is 0 Å². The largest absolute Gasteiger partial charge is 0.389 e. The van der Waals surface area contributed by atoms with Gasteiger partial charge in [0.05, 0.1) is 18.3 Å². The second kappa shape index (κ2) is 4.61. The van der Waals surface area contributed by atoms with Crippen molar-refractivity contribution in [1.29, 1.82) is 0 Å². The molecular formula is C12H23NO3. The lowest BCUT2D eigenvalue weighted by atomic mass is 9.64. The van der Waals surface area contributed by atoms with E-state index < -0.39 is 5.60 Å². The van der Waals surface area contributed by atoms with Crippen LogP contribution in [-0.4, -0.2) is 43.2 Å². The van der Waals surface area contributed by atoms with Gasteiger partial charge in [0.2, 0.25) is 0 Å². The first-order valence-electron chi connectivity index (χ1n) is 6.24. The summed E-state index contributed by atoms with van der Waals surface area (Å²) in [6, 6.07) is 0. The van der Waals surface area contributed by atoms with Gasteiger partial charge < -0.3 is 20.3 Å². The van der Waals surface area contributed by atoms with E-state index in [0.717, 1.165) is 19.4 Å². The van der Waals surface area contributed by atoms with E-state index in [2.05, 4.69) is 0 Å². The molecule has 3 unspecified atom stereocenters. The van der Waals surface area contributed by atoms with E-state index in [9.17, 15) is 5.11 Å². The highest BCUT2D eigenvalue weighted by Gasteiger charge is 2.52. The summed E-state index contributed by atoms with van der Waals surface area (Å²) in [7, 11) is 0. The second-order valence-electron chi connectivity index (χ2n) is 5.31. The van der Waals surface area contributed by atoms with Crippen molar-refractivity contribution in [2.75, 3.05) is 26.4 Å². The molecule has 0 aromatic carbocycles. The summed E-state index contributed by atoms with van der Waals surface area (Å²) >= 11 is 0. The van der Waals surface area contributed by atoms with Gasteiger partial charge in [-0.05, 0) is 19.8 Å². The molecule has 2 saturated heterocycles. The lowest BCUT2D eigenvalue weighted by molar-refractivity contribution is -0.194. The van der Waals surface area contributed by atoms with Gasteiger partial charge >= 0.3 is 0 Å². The van der Waals surface area contributed by atoms with Crippen molar-refractivity contribution in [3.63, 3.8) is 0 Å². The minimum Gasteiger partial charge on any atom is -0.389 e. The molecule has 0 bridgehead atoms. The third kappa shape index (κ3) is 1.99. The number of nitrogens with two attached hydrogens (primary N) is 1. The van der Waals surface area contributed by atoms with E-state index in [1.807, 2.05) is 6.92 Å². The van der Waals surface area contributed by atoms with Crippen LogP contribution in [0.4, 0.5) is 0 Å². The molecule has 3 atom stereocenters. The molecule has 3 N–H and O–H groups in total. The maximum atomic E-state index is 10.9. The van der Waals surface area contributed by atoms with Crippen LogP contribution in [0.25, 0.3) is 0 Å². The minimum atomic E-state index is -0.708. The van der Waals surface area contributed by atoms with Gasteiger partial charge in [0.15, 0.2) is 0 Å². The maximum Gasteiger partial charge on any atom is 0.0784 e. The summed E-state index contributed by atoms with van der Waals surface area (Å²) in [4.78, 5) is 0. The summed E-state index contributed by atoms with van der Waals surface area (Å²) < 4.78 is 11.1. The molecule has 94 valence electrons. The first-order chi connectivity index (χ1) is 7.62. The van der Waals surface area contributed by atoms with Gasteiger partial charge in [0, 0.05) is 38.0 Å². The lowest BCUT2D eigenvalue weighted by Gasteiger charge is -2.51. The predicted octanol–water partition coefficient (Wildman–Crippen LogP) is 0.672. The van der Waals surface area contributed by atoms with Crippen LogP contribution in [0.2, 0.25) is 0 Å². The first kappa shape index (κ1) is 12.3. The smallest absolute Gasteiger partial charge is 0.0784 e. The van der Waals surface area contributed by atoms with Crippen molar-refractivity contribution in [3.8, 4) is 0 Å². The number of hydrogen-bond acceptors (Lipinski definition) is 4. The molecule has 2 fully saturated rings. The molecule has 4 nitrogen and oxygen atoms in total. The zero-order valence-electron chi connectivity index (χ0n) is 10.1. The van der Waals surface area contributed by atoms with Gasteiger partial charge in [-0.2, -0.15) is 0 Å². The van der Waals surface area contributed by atoms with E-state index >= 15 is 0 Å². The molecule has 2 aliphatic rings. The summed E-state index contributed by atoms with van der Waals surface area (Å²) in [5.74, 6) is 0. The van der Waals surface area contributed by atoms with Crippen molar-refractivity contribution < 1.29 is 14.6 Å². The molecule has 16 heavy (non-hydrogen) atoms. The van der Waals surface area contributed by atoms with Crippen LogP contribution in [0.1, 0.15) is 32.6 Å². The number of ether oxygens (including phenoxy) is 2. The van der Waals surface area contributed by atoms with Gasteiger partial charge in [-0.15, -0.1) is 0 Å². The molecule has 4 heteroatoms. The number of rotatable bonds is 2. The third-order valence-electron chi connectivity index (χ3n) is 4.24. The normalized spacial score (nSPS) is 45.6. The number of aliphatic hydroxyl groups is 1. The van der Waals surface area contributed by atoms with Gasteiger partial charge in [0.25, 0.3) is 0 Å². The van der Waals surface area contributed by atoms with Crippen LogP contribution in [0.3, 0.4) is 0 Å². The summed E-state index contributed by atoms with van der Waals surface area (Å²) in [6.45, 7) is 4.52. The van der Waals surface area contributed by atoms with Crippen LogP contribution in [0, 0.1) is 5.41 Å². The highest BCUT2D eigenvalue weighted by Crippen LogP contribution is 2.45. The average Bonchev–Trinajstić information content (AvgIpc) is 2.29. The molecule has 0 amide bonds. The SMILES string of the molecule is CC1CC(O)(C2(CN)CCCOC2)CCO1. The van der Waals surface area contributed by atoms with Crippen molar-refractivity contribution in [2.24, 2.45) is 11.1 Å². The van der Waals surface area contributed by atoms with Crippen LogP contribution < -0.4 is 5.73 Å². The zero-order chi connectivity index (χ0) is 11.6. The summed E-state index contributed by atoms with van der Waals surface area (Å²) in [5, 5.41) is 10.9. The van der Waals surface area contributed by atoms with Crippen molar-refractivity contribution in [2.45, 2.75) is 44.3 Å². The molecular weight excluding hydrogens is 206 g/mol. The topological polar surface area (TPSA) is 64.7 Å². The minimum absolute atomic E-state index is 0.115. The molecule has 0 saturated carbocycles. The van der Waals surface area contributed by atoms with Crippen molar-refractivity contribution in [3.05, 3.63) is 0 Å². The maximum absolute atomic E-state index is 10.9. The van der Waals surface area contributed by atoms with Gasteiger partial charge in [-0.3, -0.25) is 0 Å². The second-order valence-corrected chi connectivity index (χ2v) is 5.31. The molecule has 0 aliphatic carbocycles. The average molecular weight is 229 g/mol. The molecule has 2 rings (SSSR count). The quantitative estimate of drug-likeness (QED) is 0.730. The fourth-order valence-corrected chi connectivity index (χ4v) is 3.12. The summed E-state index contributed by atoms with van der Waals surface area (Å²) in [6.07, 6.45) is 3.43. The van der Waals surface area contributed by atoms with E-state index in [1.165, 1.54) is 0 Å². The monoisotopic (exact) mass is 229 g/mol. The van der Waals surface area contributed by atoms with Crippen molar-refractivity contribution >= 4 is 0 Å². The van der Waals surface area contributed by atoms with Gasteiger partial charge in [-0.25, -0.2) is 0 Å². The lowest BCUT2D eigenvalue weighted by Crippen LogP contribution is -2.60. The Bertz CT molecular complexity index is 240. The van der Waals surface area contributed by atoms with E-state index in [0.29, 0.717) is 32.6 Å². The fraction of sp³-hybridized carbons (Fsp3) is 1.00. The third-order valence-corrected chi connectivity index (χ3v) is 4.24. The van der Waals surface area contributed by atoms with Crippen molar-refractivity contribution in [1.82, 2.24) is 0 Å². The van der Waals surface area contributed by atoms with Crippen LogP contribution >= 0.6 is 0 Å². The Hall–Kier alpha value is -0.160. The highest BCUT2D eigenvalue weighted by atomic mass is 16.5. The zero-order valence-corrected chi connectivity index (χ0v) is 10.1. The van der Waals surface area contributed by atoms with Crippen LogP contribution in [0.15, 0.2) is 0 Å². The summed E-state index contributed by atoms with van der Waals surface area (Å²) in [5.41, 5.74) is 4.95. The predicted molar refractivity (Wildman–Crippen MR) is 61.1 cm³/mol. The Balaban J connectivity index is 2.17. The van der Waals surface area contributed by atoms with Gasteiger partial charge in [0.1, 0.15) is 0 Å². The Kier molecular flexibility index (Phi) is 3.54. The standard InChI is InChI=1S/C12H23NO3/c1-10-7-12(14,4-6-16-10)11(8-13)3-2-5-15-9-11/h10,14H,2-9,13H2,1H3. The van der Waals surface area contributed by atoms with E-state index in [1.54, 1.807) is 0 Å². The molecule has 0 spiro atoms.